The molecule has 0 saturated heterocycles. The first-order valence-corrected chi connectivity index (χ1v) is 6.53. The predicted molar refractivity (Wildman–Crippen MR) is 68.1 cm³/mol. The number of rotatable bonds is 3. The highest BCUT2D eigenvalue weighted by Crippen LogP contribution is 2.29. The van der Waals surface area contributed by atoms with Crippen molar-refractivity contribution < 1.29 is 4.79 Å². The molecule has 0 aliphatic heterocycles. The van der Waals surface area contributed by atoms with E-state index in [1.165, 1.54) is 0 Å². The molecular weight excluding hydrogens is 212 g/mol. The largest absolute Gasteiger partial charge is 0.352 e. The Balaban J connectivity index is 2.43. The van der Waals surface area contributed by atoms with Crippen LogP contribution in [0, 0.1) is 28.6 Å². The highest BCUT2D eigenvalue weighted by atomic mass is 16.1. The Labute approximate surface area is 105 Å². The van der Waals surface area contributed by atoms with Gasteiger partial charge >= 0.3 is 0 Å². The summed E-state index contributed by atoms with van der Waals surface area (Å²) in [5, 5.41) is 12.0. The van der Waals surface area contributed by atoms with E-state index in [9.17, 15) is 4.79 Å². The molecule has 0 radical (unpaired) electrons. The average molecular weight is 236 g/mol. The van der Waals surface area contributed by atoms with Crippen molar-refractivity contribution in [1.29, 1.82) is 5.26 Å². The van der Waals surface area contributed by atoms with Gasteiger partial charge in [0, 0.05) is 12.5 Å². The van der Waals surface area contributed by atoms with Crippen molar-refractivity contribution in [2.45, 2.75) is 59.4 Å². The third-order valence-corrected chi connectivity index (χ3v) is 4.00. The van der Waals surface area contributed by atoms with Gasteiger partial charge in [0.25, 0.3) is 0 Å². The third kappa shape index (κ3) is 4.03. The maximum atomic E-state index is 11.9. The van der Waals surface area contributed by atoms with Crippen molar-refractivity contribution in [3.05, 3.63) is 0 Å². The number of carbonyl (C=O) groups is 1. The van der Waals surface area contributed by atoms with Crippen LogP contribution in [-0.2, 0) is 4.79 Å². The monoisotopic (exact) mass is 236 g/mol. The minimum atomic E-state index is 0.0175. The number of nitrogens with one attached hydrogen (secondary N) is 1. The molecule has 3 heteroatoms. The summed E-state index contributed by atoms with van der Waals surface area (Å²) in [6, 6.07) is 2.37. The van der Waals surface area contributed by atoms with Crippen molar-refractivity contribution in [2.24, 2.45) is 17.3 Å². The Hall–Kier alpha value is -1.04. The second kappa shape index (κ2) is 5.53. The van der Waals surface area contributed by atoms with Crippen molar-refractivity contribution in [3.63, 3.8) is 0 Å². The fourth-order valence-corrected chi connectivity index (χ4v) is 2.14. The summed E-state index contributed by atoms with van der Waals surface area (Å²) >= 11 is 0. The molecule has 1 saturated carbocycles. The zero-order chi connectivity index (χ0) is 13.1. The van der Waals surface area contributed by atoms with Gasteiger partial charge in [-0.2, -0.15) is 5.26 Å². The van der Waals surface area contributed by atoms with Gasteiger partial charge in [-0.05, 0) is 30.6 Å². The van der Waals surface area contributed by atoms with Gasteiger partial charge in [0.2, 0.25) is 5.91 Å². The molecular formula is C14H24N2O. The number of nitriles is 1. The van der Waals surface area contributed by atoms with E-state index >= 15 is 0 Å². The molecule has 1 rings (SSSR count). The maximum Gasteiger partial charge on any atom is 0.220 e. The predicted octanol–water partition coefficient (Wildman–Crippen LogP) is 2.87. The summed E-state index contributed by atoms with van der Waals surface area (Å²) in [5.41, 5.74) is 0.154. The molecule has 0 bridgehead atoms. The van der Waals surface area contributed by atoms with E-state index in [1.54, 1.807) is 0 Å². The number of hydrogen-bond acceptors (Lipinski definition) is 2. The zero-order valence-electron chi connectivity index (χ0n) is 11.4. The summed E-state index contributed by atoms with van der Waals surface area (Å²) in [7, 11) is 0. The third-order valence-electron chi connectivity index (χ3n) is 4.00. The van der Waals surface area contributed by atoms with Crippen molar-refractivity contribution in [1.82, 2.24) is 5.32 Å². The lowest BCUT2D eigenvalue weighted by molar-refractivity contribution is -0.123. The summed E-state index contributed by atoms with van der Waals surface area (Å²) in [6.45, 7) is 8.56. The highest BCUT2D eigenvalue weighted by molar-refractivity contribution is 5.76. The fourth-order valence-electron chi connectivity index (χ4n) is 2.14. The Bertz CT molecular complexity index is 311. The molecule has 96 valence electrons. The van der Waals surface area contributed by atoms with Gasteiger partial charge in [0.15, 0.2) is 0 Å². The van der Waals surface area contributed by atoms with Gasteiger partial charge < -0.3 is 5.32 Å². The molecule has 1 amide bonds. The van der Waals surface area contributed by atoms with E-state index in [0.29, 0.717) is 12.3 Å². The normalized spacial score (nSPS) is 26.3. The minimum Gasteiger partial charge on any atom is -0.352 e. The zero-order valence-corrected chi connectivity index (χ0v) is 11.4. The summed E-state index contributed by atoms with van der Waals surface area (Å²) < 4.78 is 0. The molecule has 0 aromatic carbocycles. The second-order valence-corrected chi connectivity index (χ2v) is 6.31. The molecule has 3 atom stereocenters. The van der Waals surface area contributed by atoms with Gasteiger partial charge in [-0.1, -0.05) is 27.7 Å². The lowest BCUT2D eigenvalue weighted by Crippen LogP contribution is -2.38. The molecule has 0 aromatic rings. The SMILES string of the molecule is CC(CC(=O)NC1CCCC1C#N)C(C)(C)C. The van der Waals surface area contributed by atoms with E-state index < -0.39 is 0 Å². The topological polar surface area (TPSA) is 52.9 Å². The Morgan fingerprint density at radius 1 is 1.47 bits per heavy atom. The molecule has 0 aromatic heterocycles. The van der Waals surface area contributed by atoms with Crippen LogP contribution in [0.5, 0.6) is 0 Å². The molecule has 1 aliphatic rings. The molecule has 1 fully saturated rings. The van der Waals surface area contributed by atoms with Crippen LogP contribution in [0.3, 0.4) is 0 Å². The molecule has 3 unspecified atom stereocenters. The lowest BCUT2D eigenvalue weighted by atomic mass is 9.80. The molecule has 1 aliphatic carbocycles. The van der Waals surface area contributed by atoms with Crippen LogP contribution in [0.2, 0.25) is 0 Å². The van der Waals surface area contributed by atoms with Crippen LogP contribution in [0.1, 0.15) is 53.4 Å². The van der Waals surface area contributed by atoms with Crippen LogP contribution in [0.4, 0.5) is 0 Å². The van der Waals surface area contributed by atoms with Gasteiger partial charge in [-0.25, -0.2) is 0 Å². The smallest absolute Gasteiger partial charge is 0.220 e. The molecule has 1 N–H and O–H groups in total. The van der Waals surface area contributed by atoms with Crippen LogP contribution in [0.25, 0.3) is 0 Å². The summed E-state index contributed by atoms with van der Waals surface area (Å²) in [6.07, 6.45) is 3.49. The van der Waals surface area contributed by atoms with Crippen molar-refractivity contribution in [3.8, 4) is 6.07 Å². The van der Waals surface area contributed by atoms with Gasteiger partial charge in [-0.3, -0.25) is 4.79 Å². The standard InChI is InChI=1S/C14H24N2O/c1-10(14(2,3)4)8-13(17)16-12-7-5-6-11(12)9-15/h10-12H,5-8H2,1-4H3,(H,16,17). The molecule has 0 spiro atoms. The quantitative estimate of drug-likeness (QED) is 0.819. The summed E-state index contributed by atoms with van der Waals surface area (Å²) in [5.74, 6) is 0.466. The van der Waals surface area contributed by atoms with Crippen LogP contribution in [0.15, 0.2) is 0 Å². The van der Waals surface area contributed by atoms with Crippen LogP contribution < -0.4 is 5.32 Å². The van der Waals surface area contributed by atoms with Crippen LogP contribution in [-0.4, -0.2) is 11.9 Å². The molecule has 0 heterocycles. The number of amides is 1. The van der Waals surface area contributed by atoms with Crippen molar-refractivity contribution in [2.75, 3.05) is 0 Å². The van der Waals surface area contributed by atoms with E-state index in [0.717, 1.165) is 19.3 Å². The second-order valence-electron chi connectivity index (χ2n) is 6.31. The van der Waals surface area contributed by atoms with Gasteiger partial charge in [0.1, 0.15) is 0 Å². The highest BCUT2D eigenvalue weighted by Gasteiger charge is 2.29. The minimum absolute atomic E-state index is 0.0175. The fraction of sp³-hybridized carbons (Fsp3) is 0.857. The van der Waals surface area contributed by atoms with E-state index in [4.69, 9.17) is 5.26 Å². The first kappa shape index (κ1) is 14.0. The lowest BCUT2D eigenvalue weighted by Gasteiger charge is -2.27. The average Bonchev–Trinajstić information content (AvgIpc) is 2.63. The van der Waals surface area contributed by atoms with E-state index in [-0.39, 0.29) is 23.3 Å². The van der Waals surface area contributed by atoms with E-state index in [2.05, 4.69) is 39.1 Å². The maximum absolute atomic E-state index is 11.9. The summed E-state index contributed by atoms with van der Waals surface area (Å²) in [4.78, 5) is 11.9. The number of hydrogen-bond donors (Lipinski definition) is 1. The Morgan fingerprint density at radius 2 is 2.12 bits per heavy atom. The molecule has 3 nitrogen and oxygen atoms in total. The number of carbonyl (C=O) groups excluding carboxylic acids is 1. The Morgan fingerprint density at radius 3 is 2.65 bits per heavy atom. The van der Waals surface area contributed by atoms with Gasteiger partial charge in [-0.15, -0.1) is 0 Å². The van der Waals surface area contributed by atoms with Crippen molar-refractivity contribution >= 4 is 5.91 Å². The molecule has 17 heavy (non-hydrogen) atoms. The van der Waals surface area contributed by atoms with Gasteiger partial charge in [0.05, 0.1) is 12.0 Å². The number of nitrogens with zero attached hydrogens (tertiary/aromatic N) is 1. The first-order chi connectivity index (χ1) is 7.84. The Kier molecular flexibility index (Phi) is 4.56. The van der Waals surface area contributed by atoms with E-state index in [1.807, 2.05) is 0 Å². The first-order valence-electron chi connectivity index (χ1n) is 6.53. The van der Waals surface area contributed by atoms with Crippen LogP contribution >= 0.6 is 0 Å².